The summed E-state index contributed by atoms with van der Waals surface area (Å²) in [6.07, 6.45) is 6.65. The molecule has 0 amide bonds. The van der Waals surface area contributed by atoms with Gasteiger partial charge in [-0.05, 0) is 87.0 Å². The van der Waals surface area contributed by atoms with Gasteiger partial charge in [-0.1, -0.05) is 39.0 Å². The number of aromatic nitrogens is 1. The smallest absolute Gasteiger partial charge is 0.338 e. The van der Waals surface area contributed by atoms with Crippen molar-refractivity contribution in [2.24, 2.45) is 0 Å². The number of carbonyl (C=O) groups is 2. The zero-order valence-electron chi connectivity index (χ0n) is 24.5. The van der Waals surface area contributed by atoms with Gasteiger partial charge in [0, 0.05) is 16.8 Å². The summed E-state index contributed by atoms with van der Waals surface area (Å²) in [6, 6.07) is 19.6. The molecule has 8 nitrogen and oxygen atoms in total. The lowest BCUT2D eigenvalue weighted by atomic mass is 10.1. The van der Waals surface area contributed by atoms with Crippen molar-refractivity contribution in [1.29, 1.82) is 0 Å². The maximum atomic E-state index is 12.5. The van der Waals surface area contributed by atoms with Crippen LogP contribution in [0.2, 0.25) is 0 Å². The molecule has 222 valence electrons. The van der Waals surface area contributed by atoms with Crippen LogP contribution in [0.3, 0.4) is 0 Å². The normalized spacial score (nSPS) is 11.1. The first kappa shape index (κ1) is 30.5. The Labute approximate surface area is 246 Å². The van der Waals surface area contributed by atoms with E-state index in [4.69, 9.17) is 14.2 Å². The Bertz CT molecular complexity index is 1490. The number of hydrogen-bond donors (Lipinski definition) is 2. The molecule has 0 atom stereocenters. The second kappa shape index (κ2) is 14.4. The van der Waals surface area contributed by atoms with E-state index < -0.39 is 18.4 Å². The number of aliphatic carboxylic acids is 1. The molecule has 42 heavy (non-hydrogen) atoms. The second-order valence-electron chi connectivity index (χ2n) is 10.6. The lowest BCUT2D eigenvalue weighted by molar-refractivity contribution is -0.136. The van der Waals surface area contributed by atoms with Crippen molar-refractivity contribution in [2.75, 3.05) is 6.61 Å². The number of fused-ring (bicyclic) bond motifs is 1. The highest BCUT2D eigenvalue weighted by molar-refractivity contribution is 6.07. The Morgan fingerprint density at radius 1 is 0.786 bits per heavy atom. The van der Waals surface area contributed by atoms with E-state index in [-0.39, 0.29) is 17.4 Å². The van der Waals surface area contributed by atoms with E-state index in [2.05, 4.69) is 6.92 Å². The fraction of sp³-hybridized carbons (Fsp3) is 0.353. The number of ether oxygens (including phenoxy) is 3. The molecule has 0 bridgehead atoms. The van der Waals surface area contributed by atoms with Crippen molar-refractivity contribution in [1.82, 2.24) is 4.57 Å². The Morgan fingerprint density at radius 2 is 1.40 bits per heavy atom. The van der Waals surface area contributed by atoms with Crippen LogP contribution in [0.5, 0.6) is 23.0 Å². The summed E-state index contributed by atoms with van der Waals surface area (Å²) >= 11 is 0. The molecule has 3 aromatic carbocycles. The number of carboxylic acid groups (broad SMARTS) is 2. The third kappa shape index (κ3) is 7.84. The molecule has 2 N–H and O–H groups in total. The first-order chi connectivity index (χ1) is 20.3. The van der Waals surface area contributed by atoms with Crippen LogP contribution in [0.15, 0.2) is 66.7 Å². The van der Waals surface area contributed by atoms with Gasteiger partial charge in [0.25, 0.3) is 0 Å². The number of rotatable bonds is 16. The van der Waals surface area contributed by atoms with Crippen LogP contribution in [-0.2, 0) is 11.2 Å². The molecule has 0 fully saturated rings. The van der Waals surface area contributed by atoms with E-state index in [1.807, 2.05) is 38.1 Å². The van der Waals surface area contributed by atoms with Gasteiger partial charge < -0.3 is 29.0 Å². The molecule has 0 unspecified atom stereocenters. The van der Waals surface area contributed by atoms with Crippen molar-refractivity contribution in [3.05, 3.63) is 78.0 Å². The largest absolute Gasteiger partial charge is 0.494 e. The highest BCUT2D eigenvalue weighted by Crippen LogP contribution is 2.35. The number of benzene rings is 3. The molecule has 8 heteroatoms. The molecule has 0 radical (unpaired) electrons. The molecular weight excluding hydrogens is 534 g/mol. The Hall–Kier alpha value is -4.46. The monoisotopic (exact) mass is 573 g/mol. The second-order valence-corrected chi connectivity index (χ2v) is 10.6. The summed E-state index contributed by atoms with van der Waals surface area (Å²) in [7, 11) is 0. The van der Waals surface area contributed by atoms with Gasteiger partial charge in [0.15, 0.2) is 0 Å². The maximum Gasteiger partial charge on any atom is 0.338 e. The van der Waals surface area contributed by atoms with E-state index in [1.165, 1.54) is 25.7 Å². The van der Waals surface area contributed by atoms with Crippen LogP contribution < -0.4 is 14.2 Å². The molecule has 0 aliphatic heterocycles. The fourth-order valence-electron chi connectivity index (χ4n) is 4.99. The van der Waals surface area contributed by atoms with Gasteiger partial charge in [-0.15, -0.1) is 0 Å². The molecule has 4 aromatic rings. The average Bonchev–Trinajstić information content (AvgIpc) is 3.26. The number of carboxylic acids is 2. The summed E-state index contributed by atoms with van der Waals surface area (Å²) in [5.41, 5.74) is 1.32. The molecule has 0 saturated carbocycles. The molecule has 0 aliphatic rings. The Morgan fingerprint density at radius 3 is 2.05 bits per heavy atom. The topological polar surface area (TPSA) is 107 Å². The van der Waals surface area contributed by atoms with Gasteiger partial charge in [0.2, 0.25) is 0 Å². The van der Waals surface area contributed by atoms with Gasteiger partial charge in [-0.25, -0.2) is 4.79 Å². The van der Waals surface area contributed by atoms with Crippen LogP contribution in [0.25, 0.3) is 16.6 Å². The van der Waals surface area contributed by atoms with Crippen LogP contribution in [-0.4, -0.2) is 39.4 Å². The zero-order valence-corrected chi connectivity index (χ0v) is 24.5. The average molecular weight is 574 g/mol. The standard InChI is InChI=1S/C34H39NO7/c1-4-5-6-7-8-9-20-40-25-12-10-24(11-13-25)35-30-19-18-28(42-27-16-14-26(15-17-27)41-23(2)3)21-29(30)33(34(38)39)31(35)22-32(36)37/h10-19,21,23H,4-9,20,22H2,1-3H3,(H,36,37)(H,38,39). The quantitative estimate of drug-likeness (QED) is 0.130. The third-order valence-electron chi connectivity index (χ3n) is 6.86. The van der Waals surface area contributed by atoms with Gasteiger partial charge in [0.05, 0.1) is 30.2 Å². The van der Waals surface area contributed by atoms with E-state index in [9.17, 15) is 19.8 Å². The van der Waals surface area contributed by atoms with Crippen LogP contribution >= 0.6 is 0 Å². The predicted molar refractivity (Wildman–Crippen MR) is 163 cm³/mol. The van der Waals surface area contributed by atoms with Crippen LogP contribution in [0.4, 0.5) is 0 Å². The van der Waals surface area contributed by atoms with Gasteiger partial charge in [-0.3, -0.25) is 4.79 Å². The highest BCUT2D eigenvalue weighted by atomic mass is 16.5. The summed E-state index contributed by atoms with van der Waals surface area (Å²) in [5.74, 6) is 0.0867. The molecule has 0 aliphatic carbocycles. The van der Waals surface area contributed by atoms with Crippen molar-refractivity contribution >= 4 is 22.8 Å². The lowest BCUT2D eigenvalue weighted by Gasteiger charge is -2.12. The SMILES string of the molecule is CCCCCCCCOc1ccc(-n2c(CC(=O)O)c(C(=O)O)c3cc(Oc4ccc(OC(C)C)cc4)ccc32)cc1. The van der Waals surface area contributed by atoms with Crippen molar-refractivity contribution in [3.63, 3.8) is 0 Å². The van der Waals surface area contributed by atoms with Crippen LogP contribution in [0, 0.1) is 0 Å². The number of unbranched alkanes of at least 4 members (excludes halogenated alkanes) is 5. The first-order valence-electron chi connectivity index (χ1n) is 14.6. The lowest BCUT2D eigenvalue weighted by Crippen LogP contribution is -2.11. The summed E-state index contributed by atoms with van der Waals surface area (Å²) < 4.78 is 19.3. The number of aromatic carboxylic acids is 1. The first-order valence-corrected chi connectivity index (χ1v) is 14.6. The van der Waals surface area contributed by atoms with E-state index in [0.717, 1.165) is 18.6 Å². The van der Waals surface area contributed by atoms with Gasteiger partial charge in [-0.2, -0.15) is 0 Å². The van der Waals surface area contributed by atoms with Crippen molar-refractivity contribution < 1.29 is 34.0 Å². The summed E-state index contributed by atoms with van der Waals surface area (Å²) in [6.45, 7) is 6.72. The Kier molecular flexibility index (Phi) is 10.5. The third-order valence-corrected chi connectivity index (χ3v) is 6.86. The van der Waals surface area contributed by atoms with E-state index in [1.54, 1.807) is 47.0 Å². The van der Waals surface area contributed by atoms with Crippen molar-refractivity contribution in [3.8, 4) is 28.7 Å². The van der Waals surface area contributed by atoms with Gasteiger partial charge >= 0.3 is 11.9 Å². The molecule has 1 heterocycles. The maximum absolute atomic E-state index is 12.5. The minimum absolute atomic E-state index is 0.0477. The predicted octanol–water partition coefficient (Wildman–Crippen LogP) is 8.27. The molecule has 0 saturated heterocycles. The van der Waals surface area contributed by atoms with E-state index >= 15 is 0 Å². The zero-order chi connectivity index (χ0) is 30.1. The van der Waals surface area contributed by atoms with Crippen LogP contribution in [0.1, 0.15) is 75.3 Å². The number of nitrogens with zero attached hydrogens (tertiary/aromatic N) is 1. The van der Waals surface area contributed by atoms with Gasteiger partial charge in [0.1, 0.15) is 23.0 Å². The molecule has 4 rings (SSSR count). The minimum Gasteiger partial charge on any atom is -0.494 e. The minimum atomic E-state index is -1.21. The molecule has 1 aromatic heterocycles. The Balaban J connectivity index is 1.61. The van der Waals surface area contributed by atoms with E-state index in [0.29, 0.717) is 40.4 Å². The molecular formula is C34H39NO7. The summed E-state index contributed by atoms with van der Waals surface area (Å²) in [5, 5.41) is 20.2. The summed E-state index contributed by atoms with van der Waals surface area (Å²) in [4.78, 5) is 24.3. The fourth-order valence-corrected chi connectivity index (χ4v) is 4.99. The molecule has 0 spiro atoms. The van der Waals surface area contributed by atoms with Crippen molar-refractivity contribution in [2.45, 2.75) is 71.8 Å². The number of hydrogen-bond acceptors (Lipinski definition) is 5. The highest BCUT2D eigenvalue weighted by Gasteiger charge is 2.25.